The average molecular weight is 312 g/mol. The van der Waals surface area contributed by atoms with Crippen LogP contribution in [0.25, 0.3) is 0 Å². The second-order valence-electron chi connectivity index (χ2n) is 5.65. The molecule has 0 aliphatic heterocycles. The molecule has 0 bridgehead atoms. The Bertz CT molecular complexity index is 601. The highest BCUT2D eigenvalue weighted by Crippen LogP contribution is 2.28. The Morgan fingerprint density at radius 3 is 2.57 bits per heavy atom. The molecule has 0 spiro atoms. The van der Waals surface area contributed by atoms with E-state index in [1.165, 1.54) is 10.4 Å². The summed E-state index contributed by atoms with van der Waals surface area (Å²) in [6, 6.07) is 4.51. The molecule has 0 aromatic heterocycles. The van der Waals surface area contributed by atoms with Crippen molar-refractivity contribution in [2.75, 3.05) is 12.8 Å². The molecule has 1 saturated carbocycles. The van der Waals surface area contributed by atoms with Gasteiger partial charge in [-0.3, -0.25) is 0 Å². The zero-order chi connectivity index (χ0) is 15.6. The molecule has 3 N–H and O–H groups in total. The first-order valence-electron chi connectivity index (χ1n) is 7.42. The van der Waals surface area contributed by atoms with Crippen molar-refractivity contribution in [3.8, 4) is 0 Å². The van der Waals surface area contributed by atoms with Crippen molar-refractivity contribution in [3.05, 3.63) is 23.8 Å². The number of nitrogens with two attached hydrogens (primary N) is 1. The molecule has 0 amide bonds. The molecule has 5 nitrogen and oxygen atoms in total. The van der Waals surface area contributed by atoms with E-state index in [9.17, 15) is 13.5 Å². The van der Waals surface area contributed by atoms with Crippen LogP contribution in [0.15, 0.2) is 23.1 Å². The largest absolute Gasteiger partial charge is 0.398 e. The van der Waals surface area contributed by atoms with Crippen LogP contribution in [0.1, 0.15) is 38.2 Å². The summed E-state index contributed by atoms with van der Waals surface area (Å²) in [5, 5.41) is 10.1. The van der Waals surface area contributed by atoms with E-state index in [2.05, 4.69) is 0 Å². The molecule has 1 aromatic rings. The summed E-state index contributed by atoms with van der Waals surface area (Å²) >= 11 is 0. The summed E-state index contributed by atoms with van der Waals surface area (Å²) in [7, 11) is -2.09. The summed E-state index contributed by atoms with van der Waals surface area (Å²) in [5.41, 5.74) is 7.34. The van der Waals surface area contributed by atoms with E-state index in [0.717, 1.165) is 24.8 Å². The number of hydrogen-bond acceptors (Lipinski definition) is 4. The first-order chi connectivity index (χ1) is 9.87. The maximum absolute atomic E-state index is 12.7. The van der Waals surface area contributed by atoms with Crippen LogP contribution in [-0.4, -0.2) is 37.0 Å². The number of likely N-dealkylation sites (N-methyl/N-ethyl adjacent to an activating group) is 1. The smallest absolute Gasteiger partial charge is 0.243 e. The predicted molar refractivity (Wildman–Crippen MR) is 83.4 cm³/mol. The fourth-order valence-electron chi connectivity index (χ4n) is 2.92. The van der Waals surface area contributed by atoms with Crippen LogP contribution in [0.4, 0.5) is 5.69 Å². The van der Waals surface area contributed by atoms with Gasteiger partial charge in [-0.05, 0) is 37.0 Å². The van der Waals surface area contributed by atoms with Crippen LogP contribution in [0.3, 0.4) is 0 Å². The Morgan fingerprint density at radius 1 is 1.33 bits per heavy atom. The van der Waals surface area contributed by atoms with Gasteiger partial charge in [-0.15, -0.1) is 0 Å². The number of nitrogen functional groups attached to an aromatic ring is 1. The van der Waals surface area contributed by atoms with Gasteiger partial charge in [-0.2, -0.15) is 4.31 Å². The summed E-state index contributed by atoms with van der Waals surface area (Å²) in [5.74, 6) is 0. The Morgan fingerprint density at radius 2 is 2.00 bits per heavy atom. The zero-order valence-electron chi connectivity index (χ0n) is 12.6. The fourth-order valence-corrected chi connectivity index (χ4v) is 4.37. The number of hydrogen-bond donors (Lipinski definition) is 2. The van der Waals surface area contributed by atoms with Crippen molar-refractivity contribution in [3.63, 3.8) is 0 Å². The lowest BCUT2D eigenvalue weighted by Crippen LogP contribution is -2.46. The third-order valence-corrected chi connectivity index (χ3v) is 6.21. The maximum atomic E-state index is 12.7. The summed E-state index contributed by atoms with van der Waals surface area (Å²) in [6.45, 7) is 1.98. The minimum Gasteiger partial charge on any atom is -0.398 e. The topological polar surface area (TPSA) is 83.6 Å². The first kappa shape index (κ1) is 16.3. The lowest BCUT2D eigenvalue weighted by molar-refractivity contribution is 0.0638. The van der Waals surface area contributed by atoms with Crippen LogP contribution >= 0.6 is 0 Å². The third kappa shape index (κ3) is 3.22. The van der Waals surface area contributed by atoms with Gasteiger partial charge < -0.3 is 10.8 Å². The highest BCUT2D eigenvalue weighted by Gasteiger charge is 2.34. The number of nitrogens with zero attached hydrogens (tertiary/aromatic N) is 1. The van der Waals surface area contributed by atoms with Crippen LogP contribution in [0.5, 0.6) is 0 Å². The summed E-state index contributed by atoms with van der Waals surface area (Å²) in [4.78, 5) is 0.192. The van der Waals surface area contributed by atoms with Crippen LogP contribution in [-0.2, 0) is 16.4 Å². The quantitative estimate of drug-likeness (QED) is 0.830. The lowest BCUT2D eigenvalue weighted by atomic mass is 9.93. The van der Waals surface area contributed by atoms with E-state index in [-0.39, 0.29) is 10.9 Å². The van der Waals surface area contributed by atoms with E-state index < -0.39 is 16.1 Å². The molecule has 0 heterocycles. The number of anilines is 1. The number of aliphatic hydroxyl groups is 1. The normalized spacial score (nSPS) is 23.4. The van der Waals surface area contributed by atoms with Crippen molar-refractivity contribution < 1.29 is 13.5 Å². The predicted octanol–water partition coefficient (Wildman–Crippen LogP) is 1.76. The van der Waals surface area contributed by atoms with Crippen molar-refractivity contribution in [2.45, 2.75) is 56.1 Å². The van der Waals surface area contributed by atoms with Crippen molar-refractivity contribution in [1.82, 2.24) is 4.31 Å². The van der Waals surface area contributed by atoms with Crippen molar-refractivity contribution in [1.29, 1.82) is 0 Å². The van der Waals surface area contributed by atoms with Gasteiger partial charge in [-0.25, -0.2) is 8.42 Å². The standard InChI is InChI=1S/C15H24N2O3S/c1-3-11-8-9-12(10-13(11)16)21(19,20)17(2)14-6-4-5-7-15(14)18/h8-10,14-15,18H,3-7,16H2,1-2H3. The molecule has 2 unspecified atom stereocenters. The van der Waals surface area contributed by atoms with E-state index >= 15 is 0 Å². The summed E-state index contributed by atoms with van der Waals surface area (Å²) < 4.78 is 26.7. The Kier molecular flexibility index (Phi) is 4.91. The molecule has 2 atom stereocenters. The average Bonchev–Trinajstić information content (AvgIpc) is 2.47. The molecule has 21 heavy (non-hydrogen) atoms. The monoisotopic (exact) mass is 312 g/mol. The molecule has 1 fully saturated rings. The van der Waals surface area contributed by atoms with Crippen LogP contribution in [0.2, 0.25) is 0 Å². The molecule has 2 rings (SSSR count). The fraction of sp³-hybridized carbons (Fsp3) is 0.600. The Balaban J connectivity index is 2.30. The Labute approximate surface area is 126 Å². The molecule has 118 valence electrons. The summed E-state index contributed by atoms with van der Waals surface area (Å²) in [6.07, 6.45) is 3.41. The Hall–Kier alpha value is -1.11. The number of aliphatic hydroxyl groups excluding tert-OH is 1. The van der Waals surface area contributed by atoms with Gasteiger partial charge in [0.2, 0.25) is 10.0 Å². The zero-order valence-corrected chi connectivity index (χ0v) is 13.4. The molecule has 6 heteroatoms. The van der Waals surface area contributed by atoms with E-state index in [0.29, 0.717) is 18.5 Å². The highest BCUT2D eigenvalue weighted by molar-refractivity contribution is 7.89. The number of aryl methyl sites for hydroxylation is 1. The van der Waals surface area contributed by atoms with E-state index in [1.54, 1.807) is 19.2 Å². The maximum Gasteiger partial charge on any atom is 0.243 e. The van der Waals surface area contributed by atoms with Gasteiger partial charge in [-0.1, -0.05) is 25.8 Å². The molecular formula is C15H24N2O3S. The van der Waals surface area contributed by atoms with Gasteiger partial charge in [0, 0.05) is 12.7 Å². The molecule has 0 radical (unpaired) electrons. The van der Waals surface area contributed by atoms with Gasteiger partial charge in [0.05, 0.1) is 17.0 Å². The van der Waals surface area contributed by atoms with Crippen molar-refractivity contribution in [2.24, 2.45) is 0 Å². The van der Waals surface area contributed by atoms with Crippen LogP contribution in [0, 0.1) is 0 Å². The number of benzene rings is 1. The third-order valence-electron chi connectivity index (χ3n) is 4.34. The second-order valence-corrected chi connectivity index (χ2v) is 7.65. The second kappa shape index (κ2) is 6.34. The lowest BCUT2D eigenvalue weighted by Gasteiger charge is -2.34. The van der Waals surface area contributed by atoms with Gasteiger partial charge in [0.1, 0.15) is 0 Å². The molecule has 1 aliphatic rings. The van der Waals surface area contributed by atoms with Gasteiger partial charge in [0.15, 0.2) is 0 Å². The molecule has 0 saturated heterocycles. The van der Waals surface area contributed by atoms with E-state index in [1.807, 2.05) is 6.92 Å². The molecular weight excluding hydrogens is 288 g/mol. The SMILES string of the molecule is CCc1ccc(S(=O)(=O)N(C)C2CCCCC2O)cc1N. The molecule has 1 aromatic carbocycles. The van der Waals surface area contributed by atoms with Gasteiger partial charge in [0.25, 0.3) is 0 Å². The van der Waals surface area contributed by atoms with E-state index in [4.69, 9.17) is 5.73 Å². The molecule has 1 aliphatic carbocycles. The number of rotatable bonds is 4. The minimum atomic E-state index is -3.63. The first-order valence-corrected chi connectivity index (χ1v) is 8.86. The minimum absolute atomic E-state index is 0.192. The number of sulfonamides is 1. The van der Waals surface area contributed by atoms with Gasteiger partial charge >= 0.3 is 0 Å². The van der Waals surface area contributed by atoms with Crippen LogP contribution < -0.4 is 5.73 Å². The van der Waals surface area contributed by atoms with Crippen molar-refractivity contribution >= 4 is 15.7 Å². The highest BCUT2D eigenvalue weighted by atomic mass is 32.2.